The van der Waals surface area contributed by atoms with Crippen LogP contribution in [0.5, 0.6) is 0 Å². The minimum atomic E-state index is 0.436. The fourth-order valence-corrected chi connectivity index (χ4v) is 2.53. The summed E-state index contributed by atoms with van der Waals surface area (Å²) in [6, 6.07) is 0. The minimum absolute atomic E-state index is 0.436. The van der Waals surface area contributed by atoms with Crippen molar-refractivity contribution in [2.75, 3.05) is 6.61 Å². The molecule has 1 aliphatic heterocycles. The SMILES string of the molecule is CC1CCOC1C(C)CC(C)(C)C. The molecule has 1 heteroatoms. The molecule has 1 heterocycles. The number of hydrogen-bond acceptors (Lipinski definition) is 1. The van der Waals surface area contributed by atoms with Crippen LogP contribution < -0.4 is 0 Å². The Labute approximate surface area is 82.9 Å². The maximum absolute atomic E-state index is 5.77. The summed E-state index contributed by atoms with van der Waals surface area (Å²) in [5, 5.41) is 0. The van der Waals surface area contributed by atoms with Gasteiger partial charge in [-0.25, -0.2) is 0 Å². The zero-order valence-electron chi connectivity index (χ0n) is 9.76. The molecule has 0 aromatic rings. The van der Waals surface area contributed by atoms with E-state index in [9.17, 15) is 0 Å². The third kappa shape index (κ3) is 3.30. The van der Waals surface area contributed by atoms with Gasteiger partial charge in [-0.15, -0.1) is 0 Å². The van der Waals surface area contributed by atoms with Gasteiger partial charge in [0.1, 0.15) is 0 Å². The van der Waals surface area contributed by atoms with E-state index in [4.69, 9.17) is 4.74 Å². The van der Waals surface area contributed by atoms with Crippen LogP contribution in [0.1, 0.15) is 47.5 Å². The van der Waals surface area contributed by atoms with Gasteiger partial charge in [-0.05, 0) is 30.1 Å². The highest BCUT2D eigenvalue weighted by Crippen LogP contribution is 2.33. The molecule has 78 valence electrons. The van der Waals surface area contributed by atoms with E-state index in [0.717, 1.165) is 12.5 Å². The van der Waals surface area contributed by atoms with E-state index in [1.54, 1.807) is 0 Å². The number of rotatable bonds is 2. The maximum Gasteiger partial charge on any atom is 0.0627 e. The molecular formula is C12H24O. The van der Waals surface area contributed by atoms with E-state index in [2.05, 4.69) is 34.6 Å². The van der Waals surface area contributed by atoms with Crippen LogP contribution in [-0.2, 0) is 4.74 Å². The van der Waals surface area contributed by atoms with E-state index in [0.29, 0.717) is 17.4 Å². The molecule has 0 N–H and O–H groups in total. The molecule has 0 aromatic heterocycles. The lowest BCUT2D eigenvalue weighted by Gasteiger charge is -2.28. The van der Waals surface area contributed by atoms with Crippen LogP contribution in [0, 0.1) is 17.3 Å². The highest BCUT2D eigenvalue weighted by atomic mass is 16.5. The molecule has 0 spiro atoms. The van der Waals surface area contributed by atoms with Crippen molar-refractivity contribution in [3.05, 3.63) is 0 Å². The highest BCUT2D eigenvalue weighted by molar-refractivity contribution is 4.80. The van der Waals surface area contributed by atoms with Crippen molar-refractivity contribution >= 4 is 0 Å². The van der Waals surface area contributed by atoms with Gasteiger partial charge >= 0.3 is 0 Å². The molecule has 1 nitrogen and oxygen atoms in total. The standard InChI is InChI=1S/C12H24O/c1-9-6-7-13-11(9)10(2)8-12(3,4)5/h9-11H,6-8H2,1-5H3. The summed E-state index contributed by atoms with van der Waals surface area (Å²) in [4.78, 5) is 0. The number of hydrogen-bond donors (Lipinski definition) is 0. The van der Waals surface area contributed by atoms with Gasteiger partial charge in [0.2, 0.25) is 0 Å². The summed E-state index contributed by atoms with van der Waals surface area (Å²) < 4.78 is 5.77. The Morgan fingerprint density at radius 2 is 2.00 bits per heavy atom. The smallest absolute Gasteiger partial charge is 0.0627 e. The second-order valence-electron chi connectivity index (χ2n) is 5.84. The molecule has 1 saturated heterocycles. The van der Waals surface area contributed by atoms with Crippen LogP contribution in [0.25, 0.3) is 0 Å². The monoisotopic (exact) mass is 184 g/mol. The van der Waals surface area contributed by atoms with Gasteiger partial charge in [0.15, 0.2) is 0 Å². The van der Waals surface area contributed by atoms with Crippen molar-refractivity contribution in [2.24, 2.45) is 17.3 Å². The van der Waals surface area contributed by atoms with Crippen LogP contribution in [0.3, 0.4) is 0 Å². The maximum atomic E-state index is 5.77. The van der Waals surface area contributed by atoms with Crippen molar-refractivity contribution in [1.82, 2.24) is 0 Å². The normalized spacial score (nSPS) is 32.1. The van der Waals surface area contributed by atoms with Crippen molar-refractivity contribution < 1.29 is 4.74 Å². The summed E-state index contributed by atoms with van der Waals surface area (Å²) >= 11 is 0. The van der Waals surface area contributed by atoms with Crippen molar-refractivity contribution in [3.63, 3.8) is 0 Å². The first-order valence-corrected chi connectivity index (χ1v) is 5.52. The van der Waals surface area contributed by atoms with Crippen LogP contribution in [-0.4, -0.2) is 12.7 Å². The zero-order chi connectivity index (χ0) is 10.1. The van der Waals surface area contributed by atoms with Crippen LogP contribution in [0.15, 0.2) is 0 Å². The number of ether oxygens (including phenoxy) is 1. The lowest BCUT2D eigenvalue weighted by molar-refractivity contribution is 0.0360. The van der Waals surface area contributed by atoms with Gasteiger partial charge in [-0.2, -0.15) is 0 Å². The Morgan fingerprint density at radius 3 is 2.38 bits per heavy atom. The summed E-state index contributed by atoms with van der Waals surface area (Å²) in [5.74, 6) is 1.47. The Hall–Kier alpha value is -0.0400. The van der Waals surface area contributed by atoms with E-state index < -0.39 is 0 Å². The molecule has 0 aliphatic carbocycles. The van der Waals surface area contributed by atoms with E-state index in [1.165, 1.54) is 12.8 Å². The largest absolute Gasteiger partial charge is 0.378 e. The lowest BCUT2D eigenvalue weighted by Crippen LogP contribution is -2.26. The molecule has 0 saturated carbocycles. The topological polar surface area (TPSA) is 9.23 Å². The first-order chi connectivity index (χ1) is 5.90. The van der Waals surface area contributed by atoms with Gasteiger partial charge in [0.25, 0.3) is 0 Å². The first kappa shape index (κ1) is 11.0. The van der Waals surface area contributed by atoms with E-state index >= 15 is 0 Å². The van der Waals surface area contributed by atoms with Gasteiger partial charge in [-0.1, -0.05) is 34.6 Å². The molecule has 0 aromatic carbocycles. The van der Waals surface area contributed by atoms with Gasteiger partial charge in [0, 0.05) is 6.61 Å². The summed E-state index contributed by atoms with van der Waals surface area (Å²) in [6.07, 6.45) is 3.03. The Morgan fingerprint density at radius 1 is 1.38 bits per heavy atom. The molecule has 0 radical (unpaired) electrons. The van der Waals surface area contributed by atoms with Crippen LogP contribution in [0.4, 0.5) is 0 Å². The van der Waals surface area contributed by atoms with Crippen LogP contribution in [0.2, 0.25) is 0 Å². The Kier molecular flexibility index (Phi) is 3.39. The summed E-state index contributed by atoms with van der Waals surface area (Å²) in [6.45, 7) is 12.5. The molecule has 3 atom stereocenters. The second-order valence-corrected chi connectivity index (χ2v) is 5.84. The molecule has 13 heavy (non-hydrogen) atoms. The zero-order valence-corrected chi connectivity index (χ0v) is 9.76. The Balaban J connectivity index is 2.43. The van der Waals surface area contributed by atoms with Gasteiger partial charge in [0.05, 0.1) is 6.10 Å². The highest BCUT2D eigenvalue weighted by Gasteiger charge is 2.31. The van der Waals surface area contributed by atoms with Crippen LogP contribution >= 0.6 is 0 Å². The molecule has 1 rings (SSSR count). The van der Waals surface area contributed by atoms with Crippen molar-refractivity contribution in [1.29, 1.82) is 0 Å². The van der Waals surface area contributed by atoms with Gasteiger partial charge in [-0.3, -0.25) is 0 Å². The fraction of sp³-hybridized carbons (Fsp3) is 1.00. The molecule has 0 bridgehead atoms. The fourth-order valence-electron chi connectivity index (χ4n) is 2.53. The average molecular weight is 184 g/mol. The third-order valence-electron chi connectivity index (χ3n) is 2.94. The first-order valence-electron chi connectivity index (χ1n) is 5.52. The summed E-state index contributed by atoms with van der Waals surface area (Å²) in [5.41, 5.74) is 0.436. The lowest BCUT2D eigenvalue weighted by atomic mass is 9.80. The van der Waals surface area contributed by atoms with Gasteiger partial charge < -0.3 is 4.74 Å². The Bertz CT molecular complexity index is 157. The molecular weight excluding hydrogens is 160 g/mol. The molecule has 3 unspecified atom stereocenters. The van der Waals surface area contributed by atoms with E-state index in [-0.39, 0.29) is 0 Å². The van der Waals surface area contributed by atoms with Crippen molar-refractivity contribution in [2.45, 2.75) is 53.6 Å². The molecule has 0 amide bonds. The molecule has 1 aliphatic rings. The predicted octanol–water partition coefficient (Wildman–Crippen LogP) is 3.48. The van der Waals surface area contributed by atoms with E-state index in [1.807, 2.05) is 0 Å². The minimum Gasteiger partial charge on any atom is -0.378 e. The second kappa shape index (κ2) is 4.00. The third-order valence-corrected chi connectivity index (χ3v) is 2.94. The summed E-state index contributed by atoms with van der Waals surface area (Å²) in [7, 11) is 0. The average Bonchev–Trinajstić information content (AvgIpc) is 2.30. The quantitative estimate of drug-likeness (QED) is 0.638. The molecule has 1 fully saturated rings. The predicted molar refractivity (Wildman–Crippen MR) is 56.8 cm³/mol. The van der Waals surface area contributed by atoms with Crippen molar-refractivity contribution in [3.8, 4) is 0 Å².